The van der Waals surface area contributed by atoms with Crippen molar-refractivity contribution in [3.8, 4) is 23.0 Å². The summed E-state index contributed by atoms with van der Waals surface area (Å²) in [5.41, 5.74) is 4.36. The maximum absolute atomic E-state index is 12.3. The summed E-state index contributed by atoms with van der Waals surface area (Å²) in [6, 6.07) is 19.2. The molecule has 4 rings (SSSR count). The molecule has 166 valence electrons. The van der Waals surface area contributed by atoms with Crippen LogP contribution in [0.2, 0.25) is 0 Å². The summed E-state index contributed by atoms with van der Waals surface area (Å²) < 4.78 is 21.2. The Morgan fingerprint density at radius 3 is 2.58 bits per heavy atom. The van der Waals surface area contributed by atoms with E-state index in [1.165, 1.54) is 19.4 Å². The summed E-state index contributed by atoms with van der Waals surface area (Å²) in [4.78, 5) is 24.4. The van der Waals surface area contributed by atoms with E-state index in [0.29, 0.717) is 28.4 Å². The zero-order valence-electron chi connectivity index (χ0n) is 17.7. The van der Waals surface area contributed by atoms with E-state index in [9.17, 15) is 9.59 Å². The topological polar surface area (TPSA) is 95.5 Å². The van der Waals surface area contributed by atoms with Crippen LogP contribution in [0.1, 0.15) is 21.5 Å². The van der Waals surface area contributed by atoms with Gasteiger partial charge in [-0.2, -0.15) is 5.10 Å². The van der Waals surface area contributed by atoms with Gasteiger partial charge in [-0.1, -0.05) is 30.3 Å². The first-order chi connectivity index (χ1) is 16.1. The van der Waals surface area contributed by atoms with Crippen LogP contribution in [-0.2, 0) is 4.79 Å². The predicted octanol–water partition coefficient (Wildman–Crippen LogP) is 3.81. The van der Waals surface area contributed by atoms with E-state index in [-0.39, 0.29) is 12.5 Å². The molecule has 3 aromatic rings. The van der Waals surface area contributed by atoms with E-state index < -0.39 is 11.9 Å². The van der Waals surface area contributed by atoms with Crippen LogP contribution in [-0.4, -0.2) is 32.0 Å². The third kappa shape index (κ3) is 5.56. The number of hydrogen-bond donors (Lipinski definition) is 1. The van der Waals surface area contributed by atoms with Gasteiger partial charge in [0.1, 0.15) is 0 Å². The van der Waals surface area contributed by atoms with Gasteiger partial charge in [0.2, 0.25) is 6.79 Å². The number of benzene rings is 3. The summed E-state index contributed by atoms with van der Waals surface area (Å²) in [5.74, 6) is 0.796. The number of nitrogens with zero attached hydrogens (tertiary/aromatic N) is 1. The lowest BCUT2D eigenvalue weighted by molar-refractivity contribution is -0.129. The second-order valence-electron chi connectivity index (χ2n) is 6.84. The molecule has 0 fully saturated rings. The van der Waals surface area contributed by atoms with Crippen LogP contribution in [0.3, 0.4) is 0 Å². The largest absolute Gasteiger partial charge is 0.493 e. The first-order valence-electron chi connectivity index (χ1n) is 9.98. The minimum atomic E-state index is -0.533. The van der Waals surface area contributed by atoms with Crippen LogP contribution in [0.4, 0.5) is 0 Å². The Balaban J connectivity index is 1.37. The van der Waals surface area contributed by atoms with Crippen molar-refractivity contribution in [1.82, 2.24) is 5.43 Å². The Labute approximate surface area is 190 Å². The molecule has 1 aliphatic rings. The summed E-state index contributed by atoms with van der Waals surface area (Å²) in [7, 11) is 1.47. The van der Waals surface area contributed by atoms with Crippen molar-refractivity contribution in [3.05, 3.63) is 89.5 Å². The number of rotatable bonds is 7. The van der Waals surface area contributed by atoms with Crippen molar-refractivity contribution < 1.29 is 28.5 Å². The lowest BCUT2D eigenvalue weighted by Gasteiger charge is -2.08. The average Bonchev–Trinajstić information content (AvgIpc) is 3.32. The van der Waals surface area contributed by atoms with Crippen molar-refractivity contribution in [2.24, 2.45) is 5.10 Å². The minimum Gasteiger partial charge on any atom is -0.493 e. The molecule has 3 aromatic carbocycles. The predicted molar refractivity (Wildman–Crippen MR) is 122 cm³/mol. The molecule has 0 bridgehead atoms. The summed E-state index contributed by atoms with van der Waals surface area (Å²) in [6.07, 6.45) is 4.46. The molecule has 0 radical (unpaired) electrons. The van der Waals surface area contributed by atoms with Crippen molar-refractivity contribution in [2.45, 2.75) is 0 Å². The van der Waals surface area contributed by atoms with Crippen LogP contribution in [0, 0.1) is 0 Å². The molecule has 0 spiro atoms. The molecule has 1 aliphatic heterocycles. The van der Waals surface area contributed by atoms with Crippen LogP contribution >= 0.6 is 0 Å². The standard InChI is InChI=1S/C25H20N2O6/c1-30-22-13-18(7-10-21(22)33-24(28)12-8-17-5-3-2-4-6-17)15-26-27-25(29)19-9-11-20-23(14-19)32-16-31-20/h2-15H,16H2,1H3,(H,27,29)/b12-8+,26-15+. The monoisotopic (exact) mass is 444 g/mol. The van der Waals surface area contributed by atoms with E-state index in [1.807, 2.05) is 30.3 Å². The molecule has 1 amide bonds. The average molecular weight is 444 g/mol. The highest BCUT2D eigenvalue weighted by atomic mass is 16.7. The fourth-order valence-corrected chi connectivity index (χ4v) is 2.99. The first-order valence-corrected chi connectivity index (χ1v) is 9.98. The quantitative estimate of drug-likeness (QED) is 0.196. The highest BCUT2D eigenvalue weighted by Gasteiger charge is 2.16. The molecule has 0 unspecified atom stereocenters. The molecular weight excluding hydrogens is 424 g/mol. The number of amides is 1. The Hall–Kier alpha value is -4.59. The normalized spacial score (nSPS) is 12.2. The number of fused-ring (bicyclic) bond motifs is 1. The Bertz CT molecular complexity index is 1220. The summed E-state index contributed by atoms with van der Waals surface area (Å²) >= 11 is 0. The van der Waals surface area contributed by atoms with Crippen LogP contribution < -0.4 is 24.4 Å². The number of ether oxygens (including phenoxy) is 4. The number of hydrazone groups is 1. The van der Waals surface area contributed by atoms with Gasteiger partial charge in [-0.3, -0.25) is 4.79 Å². The molecule has 8 heteroatoms. The van der Waals surface area contributed by atoms with E-state index >= 15 is 0 Å². The number of esters is 1. The van der Waals surface area contributed by atoms with Crippen LogP contribution in [0.15, 0.2) is 77.9 Å². The van der Waals surface area contributed by atoms with Gasteiger partial charge in [0.25, 0.3) is 5.91 Å². The fourth-order valence-electron chi connectivity index (χ4n) is 2.99. The van der Waals surface area contributed by atoms with Crippen LogP contribution in [0.5, 0.6) is 23.0 Å². The minimum absolute atomic E-state index is 0.134. The highest BCUT2D eigenvalue weighted by molar-refractivity contribution is 5.95. The second kappa shape index (κ2) is 10.1. The molecule has 1 N–H and O–H groups in total. The van der Waals surface area contributed by atoms with E-state index in [4.69, 9.17) is 18.9 Å². The Morgan fingerprint density at radius 2 is 1.76 bits per heavy atom. The van der Waals surface area contributed by atoms with E-state index in [2.05, 4.69) is 10.5 Å². The van der Waals surface area contributed by atoms with Gasteiger partial charge in [0, 0.05) is 11.6 Å². The number of methoxy groups -OCH3 is 1. The van der Waals surface area contributed by atoms with Gasteiger partial charge >= 0.3 is 5.97 Å². The highest BCUT2D eigenvalue weighted by Crippen LogP contribution is 2.32. The van der Waals surface area contributed by atoms with Gasteiger partial charge in [-0.05, 0) is 53.6 Å². The fraction of sp³-hybridized carbons (Fsp3) is 0.0800. The maximum atomic E-state index is 12.3. The maximum Gasteiger partial charge on any atom is 0.336 e. The molecule has 1 heterocycles. The van der Waals surface area contributed by atoms with E-state index in [1.54, 1.807) is 42.5 Å². The molecule has 33 heavy (non-hydrogen) atoms. The summed E-state index contributed by atoms with van der Waals surface area (Å²) in [5, 5.41) is 3.97. The zero-order valence-corrected chi connectivity index (χ0v) is 17.7. The SMILES string of the molecule is COc1cc(/C=N/NC(=O)c2ccc3c(c2)OCO3)ccc1OC(=O)/C=C/c1ccccc1. The van der Waals surface area contributed by atoms with E-state index in [0.717, 1.165) is 5.56 Å². The molecule has 0 atom stereocenters. The molecule has 0 aliphatic carbocycles. The van der Waals surface area contributed by atoms with Gasteiger partial charge in [0.05, 0.1) is 13.3 Å². The molecule has 0 aromatic heterocycles. The number of carbonyl (C=O) groups is 2. The number of hydrogen-bond acceptors (Lipinski definition) is 7. The van der Waals surface area contributed by atoms with Crippen molar-refractivity contribution in [2.75, 3.05) is 13.9 Å². The lowest BCUT2D eigenvalue weighted by atomic mass is 10.2. The summed E-state index contributed by atoms with van der Waals surface area (Å²) in [6.45, 7) is 0.134. The lowest BCUT2D eigenvalue weighted by Crippen LogP contribution is -2.17. The molecule has 0 saturated carbocycles. The van der Waals surface area contributed by atoms with Crippen molar-refractivity contribution >= 4 is 24.2 Å². The molecule has 0 saturated heterocycles. The van der Waals surface area contributed by atoms with Gasteiger partial charge in [-0.25, -0.2) is 10.2 Å². The second-order valence-corrected chi connectivity index (χ2v) is 6.84. The van der Waals surface area contributed by atoms with Crippen LogP contribution in [0.25, 0.3) is 6.08 Å². The Morgan fingerprint density at radius 1 is 0.939 bits per heavy atom. The van der Waals surface area contributed by atoms with Gasteiger partial charge in [0.15, 0.2) is 23.0 Å². The number of carbonyl (C=O) groups excluding carboxylic acids is 2. The number of nitrogens with one attached hydrogen (secondary N) is 1. The first kappa shape index (κ1) is 21.6. The third-order valence-corrected chi connectivity index (χ3v) is 4.62. The van der Waals surface area contributed by atoms with Crippen molar-refractivity contribution in [1.29, 1.82) is 0 Å². The smallest absolute Gasteiger partial charge is 0.336 e. The molecular formula is C25H20N2O6. The van der Waals surface area contributed by atoms with Gasteiger partial charge in [-0.15, -0.1) is 0 Å². The zero-order chi connectivity index (χ0) is 23.0. The van der Waals surface area contributed by atoms with Crippen molar-refractivity contribution in [3.63, 3.8) is 0 Å². The third-order valence-electron chi connectivity index (χ3n) is 4.62. The van der Waals surface area contributed by atoms with Gasteiger partial charge < -0.3 is 18.9 Å². The molecule has 8 nitrogen and oxygen atoms in total. The Kier molecular flexibility index (Phi) is 6.65.